The predicted molar refractivity (Wildman–Crippen MR) is 113 cm³/mol. The first-order valence-corrected chi connectivity index (χ1v) is 9.86. The molecule has 1 aliphatic heterocycles. The third kappa shape index (κ3) is 3.49. The standard InChI is InChI=1S/C22H17FN2O3S/c1-11(2)18(19-21(27)25-22(28)29-19)14-8-9-17(24-20(14)26)13-7-6-12-4-3-5-16(23)15(12)10-13/h3-11H,1-2H3,(H,24,26)(H,25,27,28)/b19-18+. The van der Waals surface area contributed by atoms with Gasteiger partial charge in [-0.2, -0.15) is 0 Å². The lowest BCUT2D eigenvalue weighted by atomic mass is 9.95. The number of carbonyl (C=O) groups is 2. The lowest BCUT2D eigenvalue weighted by Gasteiger charge is -2.14. The van der Waals surface area contributed by atoms with Crippen LogP contribution in [0.3, 0.4) is 0 Å². The van der Waals surface area contributed by atoms with Crippen molar-refractivity contribution in [2.24, 2.45) is 5.92 Å². The van der Waals surface area contributed by atoms with Crippen LogP contribution in [0.1, 0.15) is 19.4 Å². The minimum atomic E-state index is -0.489. The van der Waals surface area contributed by atoms with Gasteiger partial charge in [0.2, 0.25) is 0 Å². The van der Waals surface area contributed by atoms with Crippen LogP contribution >= 0.6 is 11.8 Å². The number of halogens is 1. The Morgan fingerprint density at radius 2 is 1.83 bits per heavy atom. The van der Waals surface area contributed by atoms with E-state index in [0.29, 0.717) is 27.8 Å². The van der Waals surface area contributed by atoms with Gasteiger partial charge in [-0.1, -0.05) is 38.1 Å². The molecule has 2 aromatic carbocycles. The molecule has 0 saturated carbocycles. The fourth-order valence-electron chi connectivity index (χ4n) is 3.44. The van der Waals surface area contributed by atoms with E-state index in [9.17, 15) is 18.8 Å². The number of aromatic amines is 1. The number of fused-ring (bicyclic) bond motifs is 1. The number of thioether (sulfide) groups is 1. The van der Waals surface area contributed by atoms with Crippen LogP contribution < -0.4 is 10.9 Å². The van der Waals surface area contributed by atoms with Crippen LogP contribution in [0.4, 0.5) is 9.18 Å². The molecule has 1 fully saturated rings. The SMILES string of the molecule is CC(C)/C(=C1\SC(=O)NC1=O)c1ccc(-c2ccc3cccc(F)c3c2)[nH]c1=O. The summed E-state index contributed by atoms with van der Waals surface area (Å²) < 4.78 is 14.1. The van der Waals surface area contributed by atoms with Gasteiger partial charge >= 0.3 is 0 Å². The van der Waals surface area contributed by atoms with Gasteiger partial charge in [0.1, 0.15) is 5.82 Å². The lowest BCUT2D eigenvalue weighted by molar-refractivity contribution is -0.115. The zero-order valence-corrected chi connectivity index (χ0v) is 16.5. The Kier molecular flexibility index (Phi) is 4.84. The summed E-state index contributed by atoms with van der Waals surface area (Å²) in [7, 11) is 0. The number of carbonyl (C=O) groups excluding carboxylic acids is 2. The molecule has 1 aliphatic rings. The maximum Gasteiger partial charge on any atom is 0.290 e. The fraction of sp³-hybridized carbons (Fsp3) is 0.136. The molecule has 5 nitrogen and oxygen atoms in total. The highest BCUT2D eigenvalue weighted by Gasteiger charge is 2.31. The summed E-state index contributed by atoms with van der Waals surface area (Å²) in [6.07, 6.45) is 0. The second kappa shape index (κ2) is 7.33. The highest BCUT2D eigenvalue weighted by molar-refractivity contribution is 8.18. The normalized spacial score (nSPS) is 15.9. The third-order valence-electron chi connectivity index (χ3n) is 4.78. The molecule has 0 unspecified atom stereocenters. The van der Waals surface area contributed by atoms with Crippen molar-refractivity contribution >= 4 is 39.3 Å². The van der Waals surface area contributed by atoms with E-state index in [2.05, 4.69) is 10.3 Å². The van der Waals surface area contributed by atoms with Crippen LogP contribution in [-0.4, -0.2) is 16.1 Å². The number of hydrogen-bond acceptors (Lipinski definition) is 4. The van der Waals surface area contributed by atoms with Gasteiger partial charge in [-0.15, -0.1) is 0 Å². The molecular weight excluding hydrogens is 391 g/mol. The van der Waals surface area contributed by atoms with E-state index in [0.717, 1.165) is 17.1 Å². The number of nitrogens with one attached hydrogen (secondary N) is 2. The molecule has 146 valence electrons. The lowest BCUT2D eigenvalue weighted by Crippen LogP contribution is -2.20. The van der Waals surface area contributed by atoms with Crippen molar-refractivity contribution in [1.29, 1.82) is 0 Å². The molecular formula is C22H17FN2O3S. The molecule has 29 heavy (non-hydrogen) atoms. The Morgan fingerprint density at radius 3 is 2.48 bits per heavy atom. The molecule has 0 spiro atoms. The number of pyridine rings is 1. The zero-order valence-electron chi connectivity index (χ0n) is 15.7. The Hall–Kier alpha value is -3.19. The van der Waals surface area contributed by atoms with Crippen LogP contribution in [0.25, 0.3) is 27.6 Å². The summed E-state index contributed by atoms with van der Waals surface area (Å²) in [6.45, 7) is 3.72. The van der Waals surface area contributed by atoms with Crippen molar-refractivity contribution in [2.75, 3.05) is 0 Å². The number of rotatable bonds is 3. The molecule has 0 bridgehead atoms. The van der Waals surface area contributed by atoms with E-state index in [4.69, 9.17) is 0 Å². The molecule has 3 aromatic rings. The number of allylic oxidation sites excluding steroid dienone is 1. The highest BCUT2D eigenvalue weighted by atomic mass is 32.2. The van der Waals surface area contributed by atoms with Crippen LogP contribution in [0.2, 0.25) is 0 Å². The van der Waals surface area contributed by atoms with Crippen molar-refractivity contribution in [3.8, 4) is 11.3 Å². The molecule has 0 atom stereocenters. The molecule has 1 saturated heterocycles. The number of benzene rings is 2. The minimum absolute atomic E-state index is 0.143. The van der Waals surface area contributed by atoms with Crippen molar-refractivity contribution in [2.45, 2.75) is 13.8 Å². The maximum absolute atomic E-state index is 14.1. The number of amides is 2. The summed E-state index contributed by atoms with van der Waals surface area (Å²) in [5.41, 5.74) is 1.70. The maximum atomic E-state index is 14.1. The van der Waals surface area contributed by atoms with E-state index in [1.165, 1.54) is 6.07 Å². The molecule has 2 N–H and O–H groups in total. The first kappa shape index (κ1) is 19.1. The van der Waals surface area contributed by atoms with Crippen molar-refractivity contribution in [3.63, 3.8) is 0 Å². The van der Waals surface area contributed by atoms with Crippen molar-refractivity contribution < 1.29 is 14.0 Å². The summed E-state index contributed by atoms with van der Waals surface area (Å²) in [5.74, 6) is -0.961. The van der Waals surface area contributed by atoms with Gasteiger partial charge < -0.3 is 4.98 Å². The van der Waals surface area contributed by atoms with Gasteiger partial charge in [0.25, 0.3) is 16.7 Å². The molecule has 2 heterocycles. The molecule has 7 heteroatoms. The van der Waals surface area contributed by atoms with Crippen LogP contribution in [0.15, 0.2) is 58.2 Å². The fourth-order valence-corrected chi connectivity index (χ4v) is 4.37. The Balaban J connectivity index is 1.82. The summed E-state index contributed by atoms with van der Waals surface area (Å²) in [4.78, 5) is 39.6. The van der Waals surface area contributed by atoms with E-state index >= 15 is 0 Å². The van der Waals surface area contributed by atoms with Gasteiger partial charge in [0.05, 0.1) is 4.91 Å². The van der Waals surface area contributed by atoms with Gasteiger partial charge in [0.15, 0.2) is 0 Å². The van der Waals surface area contributed by atoms with Gasteiger partial charge in [-0.25, -0.2) is 4.39 Å². The number of H-pyrrole nitrogens is 1. The first-order valence-electron chi connectivity index (χ1n) is 9.05. The van der Waals surface area contributed by atoms with Crippen LogP contribution in [-0.2, 0) is 4.79 Å². The predicted octanol–water partition coefficient (Wildman–Crippen LogP) is 4.68. The van der Waals surface area contributed by atoms with E-state index < -0.39 is 11.1 Å². The largest absolute Gasteiger partial charge is 0.321 e. The molecule has 4 rings (SSSR count). The van der Waals surface area contributed by atoms with E-state index in [1.54, 1.807) is 30.3 Å². The Morgan fingerprint density at radius 1 is 1.03 bits per heavy atom. The third-order valence-corrected chi connectivity index (χ3v) is 5.68. The molecule has 2 amide bonds. The van der Waals surface area contributed by atoms with Gasteiger partial charge in [-0.3, -0.25) is 19.7 Å². The topological polar surface area (TPSA) is 79.0 Å². The van der Waals surface area contributed by atoms with E-state index in [-0.39, 0.29) is 22.2 Å². The average molecular weight is 408 g/mol. The van der Waals surface area contributed by atoms with Crippen LogP contribution in [0.5, 0.6) is 0 Å². The summed E-state index contributed by atoms with van der Waals surface area (Å²) in [6, 6.07) is 13.5. The van der Waals surface area contributed by atoms with Crippen LogP contribution in [0, 0.1) is 11.7 Å². The van der Waals surface area contributed by atoms with Crippen molar-refractivity contribution in [3.05, 3.63) is 75.2 Å². The molecule has 1 aromatic heterocycles. The monoisotopic (exact) mass is 408 g/mol. The quantitative estimate of drug-likeness (QED) is 0.617. The minimum Gasteiger partial charge on any atom is -0.321 e. The summed E-state index contributed by atoms with van der Waals surface area (Å²) in [5, 5.41) is 3.02. The Labute approximate surface area is 170 Å². The van der Waals surface area contributed by atoms with Gasteiger partial charge in [-0.05, 0) is 58.5 Å². The smallest absolute Gasteiger partial charge is 0.290 e. The average Bonchev–Trinajstić information content (AvgIpc) is 3.01. The number of imide groups is 1. The number of aromatic nitrogens is 1. The highest BCUT2D eigenvalue weighted by Crippen LogP contribution is 2.35. The molecule has 0 aliphatic carbocycles. The molecule has 0 radical (unpaired) electrons. The number of hydrogen-bond donors (Lipinski definition) is 2. The first-order chi connectivity index (χ1) is 13.8. The zero-order chi connectivity index (χ0) is 20.7. The second-order valence-corrected chi connectivity index (χ2v) is 8.01. The second-order valence-electron chi connectivity index (χ2n) is 7.03. The van der Waals surface area contributed by atoms with Gasteiger partial charge in [0, 0.05) is 16.6 Å². The van der Waals surface area contributed by atoms with E-state index in [1.807, 2.05) is 26.0 Å². The Bertz CT molecular complexity index is 1260. The summed E-state index contributed by atoms with van der Waals surface area (Å²) >= 11 is 0.803. The van der Waals surface area contributed by atoms with Crippen molar-refractivity contribution in [1.82, 2.24) is 10.3 Å².